The fourth-order valence-corrected chi connectivity index (χ4v) is 3.85. The normalized spacial score (nSPS) is 25.8. The van der Waals surface area contributed by atoms with Crippen molar-refractivity contribution in [2.45, 2.75) is 6.54 Å². The second-order valence-corrected chi connectivity index (χ2v) is 6.53. The number of hydrogen-bond acceptors (Lipinski definition) is 4. The van der Waals surface area contributed by atoms with Crippen LogP contribution in [0.25, 0.3) is 0 Å². The van der Waals surface area contributed by atoms with Gasteiger partial charge in [-0.3, -0.25) is 4.90 Å². The zero-order valence-corrected chi connectivity index (χ0v) is 13.6. The van der Waals surface area contributed by atoms with Gasteiger partial charge in [0.1, 0.15) is 11.5 Å². The fourth-order valence-electron chi connectivity index (χ4n) is 3.37. The summed E-state index contributed by atoms with van der Waals surface area (Å²) in [7, 11) is 3.42. The zero-order chi connectivity index (χ0) is 14.1. The molecule has 0 aromatic heterocycles. The highest BCUT2D eigenvalue weighted by molar-refractivity contribution is 9.10. The lowest BCUT2D eigenvalue weighted by atomic mass is 10.0. The molecule has 2 fully saturated rings. The summed E-state index contributed by atoms with van der Waals surface area (Å²) in [5, 5.41) is 3.48. The average Bonchev–Trinajstić information content (AvgIpc) is 3.01. The van der Waals surface area contributed by atoms with E-state index in [1.165, 1.54) is 31.7 Å². The first-order valence-corrected chi connectivity index (χ1v) is 7.84. The van der Waals surface area contributed by atoms with Crippen LogP contribution in [0.2, 0.25) is 0 Å². The van der Waals surface area contributed by atoms with Crippen LogP contribution in [-0.2, 0) is 6.54 Å². The van der Waals surface area contributed by atoms with Crippen molar-refractivity contribution < 1.29 is 9.47 Å². The Labute approximate surface area is 128 Å². The summed E-state index contributed by atoms with van der Waals surface area (Å²) in [6.07, 6.45) is 0. The fraction of sp³-hybridized carbons (Fsp3) is 0.600. The highest BCUT2D eigenvalue weighted by Gasteiger charge is 2.36. The molecule has 110 valence electrons. The van der Waals surface area contributed by atoms with Crippen molar-refractivity contribution in [3.05, 3.63) is 22.2 Å². The van der Waals surface area contributed by atoms with Gasteiger partial charge in [-0.05, 0) is 53.0 Å². The van der Waals surface area contributed by atoms with Gasteiger partial charge >= 0.3 is 0 Å². The largest absolute Gasteiger partial charge is 0.496 e. The third-order valence-corrected chi connectivity index (χ3v) is 5.03. The lowest BCUT2D eigenvalue weighted by Gasteiger charge is -2.19. The molecule has 0 bridgehead atoms. The Morgan fingerprint density at radius 1 is 1.15 bits per heavy atom. The van der Waals surface area contributed by atoms with Gasteiger partial charge in [0.05, 0.1) is 18.7 Å². The Hall–Kier alpha value is -0.780. The first-order chi connectivity index (χ1) is 9.71. The smallest absolute Gasteiger partial charge is 0.133 e. The van der Waals surface area contributed by atoms with Crippen LogP contribution >= 0.6 is 15.9 Å². The first-order valence-electron chi connectivity index (χ1n) is 7.04. The third-order valence-electron chi connectivity index (χ3n) is 4.41. The van der Waals surface area contributed by atoms with E-state index in [0.717, 1.165) is 34.4 Å². The lowest BCUT2D eigenvalue weighted by molar-refractivity contribution is 0.297. The minimum atomic E-state index is 0.818. The van der Waals surface area contributed by atoms with Crippen molar-refractivity contribution in [2.75, 3.05) is 40.4 Å². The highest BCUT2D eigenvalue weighted by Crippen LogP contribution is 2.35. The van der Waals surface area contributed by atoms with E-state index >= 15 is 0 Å². The third kappa shape index (κ3) is 2.67. The molecule has 2 heterocycles. The van der Waals surface area contributed by atoms with Crippen LogP contribution in [0.5, 0.6) is 11.5 Å². The van der Waals surface area contributed by atoms with Gasteiger partial charge in [0.2, 0.25) is 0 Å². The monoisotopic (exact) mass is 340 g/mol. The molecular weight excluding hydrogens is 320 g/mol. The second-order valence-electron chi connectivity index (χ2n) is 5.67. The van der Waals surface area contributed by atoms with E-state index in [4.69, 9.17) is 9.47 Å². The molecule has 2 saturated heterocycles. The van der Waals surface area contributed by atoms with Crippen molar-refractivity contribution in [1.29, 1.82) is 0 Å². The predicted molar refractivity (Wildman–Crippen MR) is 82.4 cm³/mol. The molecule has 2 unspecified atom stereocenters. The van der Waals surface area contributed by atoms with E-state index in [1.807, 2.05) is 6.07 Å². The standard InChI is InChI=1S/C15H21BrN2O2/c1-19-14-4-13(16)15(20-2)3-10(14)7-18-8-11-5-17-6-12(11)9-18/h3-4,11-12,17H,5-9H2,1-2H3. The predicted octanol–water partition coefficient (Wildman–Crippen LogP) is 2.12. The van der Waals surface area contributed by atoms with Gasteiger partial charge in [-0.15, -0.1) is 0 Å². The van der Waals surface area contributed by atoms with Gasteiger partial charge < -0.3 is 14.8 Å². The Balaban J connectivity index is 1.76. The summed E-state index contributed by atoms with van der Waals surface area (Å²) in [6.45, 7) is 5.63. The Morgan fingerprint density at radius 3 is 2.40 bits per heavy atom. The van der Waals surface area contributed by atoms with Crippen LogP contribution in [0.1, 0.15) is 5.56 Å². The van der Waals surface area contributed by atoms with Gasteiger partial charge in [0.25, 0.3) is 0 Å². The molecule has 2 aliphatic heterocycles. The van der Waals surface area contributed by atoms with Crippen molar-refractivity contribution >= 4 is 15.9 Å². The first kappa shape index (κ1) is 14.2. The number of nitrogens with zero attached hydrogens (tertiary/aromatic N) is 1. The van der Waals surface area contributed by atoms with E-state index in [2.05, 4.69) is 32.2 Å². The van der Waals surface area contributed by atoms with Crippen LogP contribution in [0.4, 0.5) is 0 Å². The molecule has 1 aromatic rings. The number of benzene rings is 1. The van der Waals surface area contributed by atoms with Crippen molar-refractivity contribution in [1.82, 2.24) is 10.2 Å². The van der Waals surface area contributed by atoms with Gasteiger partial charge in [-0.2, -0.15) is 0 Å². The Morgan fingerprint density at radius 2 is 1.80 bits per heavy atom. The number of ether oxygens (including phenoxy) is 2. The number of likely N-dealkylation sites (tertiary alicyclic amines) is 1. The summed E-state index contributed by atoms with van der Waals surface area (Å²) < 4.78 is 11.8. The molecule has 0 spiro atoms. The maximum atomic E-state index is 5.51. The summed E-state index contributed by atoms with van der Waals surface area (Å²) in [5.41, 5.74) is 1.19. The SMILES string of the molecule is COc1cc(CN2CC3CNCC3C2)c(OC)cc1Br. The van der Waals surface area contributed by atoms with Gasteiger partial charge in [-0.1, -0.05) is 0 Å². The van der Waals surface area contributed by atoms with Crippen LogP contribution in [0, 0.1) is 11.8 Å². The number of nitrogens with one attached hydrogen (secondary N) is 1. The molecule has 0 aliphatic carbocycles. The van der Waals surface area contributed by atoms with E-state index < -0.39 is 0 Å². The van der Waals surface area contributed by atoms with Crippen LogP contribution in [0.3, 0.4) is 0 Å². The minimum absolute atomic E-state index is 0.818. The number of methoxy groups -OCH3 is 2. The minimum Gasteiger partial charge on any atom is -0.496 e. The molecular formula is C15H21BrN2O2. The maximum absolute atomic E-state index is 5.51. The number of fused-ring (bicyclic) bond motifs is 1. The molecule has 2 aliphatic rings. The Bertz CT molecular complexity index is 483. The molecule has 1 N–H and O–H groups in total. The highest BCUT2D eigenvalue weighted by atomic mass is 79.9. The topological polar surface area (TPSA) is 33.7 Å². The summed E-state index contributed by atoms with van der Waals surface area (Å²) in [4.78, 5) is 2.53. The quantitative estimate of drug-likeness (QED) is 0.910. The van der Waals surface area contributed by atoms with E-state index in [9.17, 15) is 0 Å². The molecule has 5 heteroatoms. The molecule has 0 amide bonds. The van der Waals surface area contributed by atoms with E-state index in [-0.39, 0.29) is 0 Å². The number of hydrogen-bond donors (Lipinski definition) is 1. The van der Waals surface area contributed by atoms with E-state index in [1.54, 1.807) is 14.2 Å². The summed E-state index contributed by atoms with van der Waals surface area (Å²) in [5.74, 6) is 3.42. The average molecular weight is 341 g/mol. The summed E-state index contributed by atoms with van der Waals surface area (Å²) in [6, 6.07) is 4.07. The molecule has 4 nitrogen and oxygen atoms in total. The molecule has 3 rings (SSSR count). The molecule has 2 atom stereocenters. The van der Waals surface area contributed by atoms with Crippen molar-refractivity contribution in [2.24, 2.45) is 11.8 Å². The van der Waals surface area contributed by atoms with Gasteiger partial charge in [-0.25, -0.2) is 0 Å². The molecule has 0 radical (unpaired) electrons. The second kappa shape index (κ2) is 5.92. The zero-order valence-electron chi connectivity index (χ0n) is 12.0. The van der Waals surface area contributed by atoms with Crippen LogP contribution < -0.4 is 14.8 Å². The lowest BCUT2D eigenvalue weighted by Crippen LogP contribution is -2.25. The molecule has 1 aromatic carbocycles. The van der Waals surface area contributed by atoms with Crippen LogP contribution in [-0.4, -0.2) is 45.3 Å². The summed E-state index contributed by atoms with van der Waals surface area (Å²) >= 11 is 3.51. The Kier molecular flexibility index (Phi) is 4.19. The van der Waals surface area contributed by atoms with Gasteiger partial charge in [0.15, 0.2) is 0 Å². The maximum Gasteiger partial charge on any atom is 0.133 e. The van der Waals surface area contributed by atoms with E-state index in [0.29, 0.717) is 0 Å². The van der Waals surface area contributed by atoms with Crippen molar-refractivity contribution in [3.63, 3.8) is 0 Å². The van der Waals surface area contributed by atoms with Crippen LogP contribution in [0.15, 0.2) is 16.6 Å². The van der Waals surface area contributed by atoms with Gasteiger partial charge in [0, 0.05) is 25.2 Å². The number of halogens is 1. The van der Waals surface area contributed by atoms with Crippen molar-refractivity contribution in [3.8, 4) is 11.5 Å². The number of rotatable bonds is 4. The molecule has 20 heavy (non-hydrogen) atoms. The molecule has 0 saturated carbocycles.